The second kappa shape index (κ2) is 11.7. The van der Waals surface area contributed by atoms with E-state index in [4.69, 9.17) is 18.7 Å². The highest BCUT2D eigenvalue weighted by atomic mass is 19.1. The van der Waals surface area contributed by atoms with Gasteiger partial charge in [0.05, 0.1) is 26.2 Å². The van der Waals surface area contributed by atoms with Gasteiger partial charge in [0.2, 0.25) is 5.91 Å². The third kappa shape index (κ3) is 6.38. The molecule has 2 saturated heterocycles. The summed E-state index contributed by atoms with van der Waals surface area (Å²) in [5.41, 5.74) is -0.215. The Hall–Kier alpha value is -2.79. The summed E-state index contributed by atoms with van der Waals surface area (Å²) in [6.45, 7) is 4.30. The first-order chi connectivity index (χ1) is 18.0. The summed E-state index contributed by atoms with van der Waals surface area (Å²) in [4.78, 5) is 20.5. The molecular weight excluding hydrogens is 486 g/mol. The molecule has 9 nitrogen and oxygen atoms in total. The van der Waals surface area contributed by atoms with Crippen LogP contribution in [0.2, 0.25) is 0 Å². The number of rotatable bonds is 10. The van der Waals surface area contributed by atoms with Crippen LogP contribution in [0.15, 0.2) is 16.7 Å². The average Bonchev–Trinajstić information content (AvgIpc) is 3.53. The molecule has 0 N–H and O–H groups in total. The second-order valence-electron chi connectivity index (χ2n) is 10.1. The highest BCUT2D eigenvalue weighted by Crippen LogP contribution is 2.50. The largest absolute Gasteiger partial charge is 0.493 e. The van der Waals surface area contributed by atoms with Crippen LogP contribution in [0.25, 0.3) is 0 Å². The first-order valence-corrected chi connectivity index (χ1v) is 13.0. The lowest BCUT2D eigenvalue weighted by atomic mass is 9.90. The van der Waals surface area contributed by atoms with Crippen molar-refractivity contribution >= 4 is 11.9 Å². The van der Waals surface area contributed by atoms with Crippen molar-refractivity contribution in [2.45, 2.75) is 38.7 Å². The molecule has 1 aliphatic carbocycles. The van der Waals surface area contributed by atoms with Crippen molar-refractivity contribution in [3.05, 3.63) is 35.2 Å². The fourth-order valence-corrected chi connectivity index (χ4v) is 5.50. The Morgan fingerprint density at radius 3 is 2.57 bits per heavy atom. The van der Waals surface area contributed by atoms with E-state index in [2.05, 4.69) is 15.0 Å². The number of benzene rings is 1. The van der Waals surface area contributed by atoms with Crippen molar-refractivity contribution in [2.75, 3.05) is 58.0 Å². The number of hydrogen-bond acceptors (Lipinski definition) is 8. The van der Waals surface area contributed by atoms with Crippen molar-refractivity contribution < 1.29 is 32.3 Å². The second-order valence-corrected chi connectivity index (χ2v) is 10.1. The first-order valence-electron chi connectivity index (χ1n) is 13.0. The predicted molar refractivity (Wildman–Crippen MR) is 129 cm³/mol. The lowest BCUT2D eigenvalue weighted by molar-refractivity contribution is -0.134. The van der Waals surface area contributed by atoms with Gasteiger partial charge in [0.1, 0.15) is 24.0 Å². The number of amides is 1. The molecule has 0 unspecified atom stereocenters. The Morgan fingerprint density at radius 2 is 1.86 bits per heavy atom. The third-order valence-corrected chi connectivity index (χ3v) is 7.69. The van der Waals surface area contributed by atoms with E-state index in [1.54, 1.807) is 12.0 Å². The van der Waals surface area contributed by atoms with Gasteiger partial charge in [-0.15, -0.1) is 0 Å². The van der Waals surface area contributed by atoms with Crippen molar-refractivity contribution in [1.82, 2.24) is 15.0 Å². The molecular formula is C26H34F2N4O5. The van der Waals surface area contributed by atoms with Crippen LogP contribution in [0.3, 0.4) is 0 Å². The molecule has 0 bridgehead atoms. The zero-order valence-electron chi connectivity index (χ0n) is 21.2. The van der Waals surface area contributed by atoms with Gasteiger partial charge in [-0.3, -0.25) is 4.79 Å². The molecule has 0 spiro atoms. The fourth-order valence-electron chi connectivity index (χ4n) is 5.50. The maximum Gasteiger partial charge on any atom is 0.324 e. The zero-order valence-corrected chi connectivity index (χ0v) is 21.2. The van der Waals surface area contributed by atoms with Gasteiger partial charge in [0.25, 0.3) is 0 Å². The van der Waals surface area contributed by atoms with E-state index in [0.717, 1.165) is 38.8 Å². The average molecular weight is 521 g/mol. The number of anilines is 1. The summed E-state index contributed by atoms with van der Waals surface area (Å²) in [5.74, 6) is 0.821. The van der Waals surface area contributed by atoms with Crippen LogP contribution in [-0.2, 0) is 27.3 Å². The van der Waals surface area contributed by atoms with Gasteiger partial charge in [-0.2, -0.15) is 4.98 Å². The molecule has 37 heavy (non-hydrogen) atoms. The topological polar surface area (TPSA) is 90.2 Å². The number of hydrogen-bond donors (Lipinski definition) is 0. The number of piperidine rings is 1. The molecule has 1 aromatic heterocycles. The number of morpholine rings is 1. The number of carbonyl (C=O) groups excluding carboxylic acids is 1. The van der Waals surface area contributed by atoms with Gasteiger partial charge in [0, 0.05) is 51.0 Å². The van der Waals surface area contributed by atoms with E-state index in [9.17, 15) is 13.6 Å². The summed E-state index contributed by atoms with van der Waals surface area (Å²) in [5, 5.41) is 3.93. The first kappa shape index (κ1) is 25.8. The Kier molecular flexibility index (Phi) is 8.19. The number of halogens is 2. The van der Waals surface area contributed by atoms with Crippen LogP contribution in [-0.4, -0.2) is 74.1 Å². The van der Waals surface area contributed by atoms with Crippen LogP contribution in [0.1, 0.15) is 37.1 Å². The van der Waals surface area contributed by atoms with Crippen molar-refractivity contribution in [3.63, 3.8) is 0 Å². The standard InChI is InChI=1S/C26H34F2N4O5/c1-34-16-24-29-26(37-30-24)32-5-2-17(3-6-32)20-12-18(20)4-9-36-19-13-22(27)21(23(28)14-19)15-25(33)31-7-10-35-11-8-31/h13-14,17-18,20H,2-12,15-16H2,1H3/t18-,20-/m1/s1. The summed E-state index contributed by atoms with van der Waals surface area (Å²) in [7, 11) is 1.60. The number of aromatic nitrogens is 2. The SMILES string of the molecule is COCc1noc(N2CCC([C@H]3C[C@H]3CCOc3cc(F)c(CC(=O)N4CCOCC4)c(F)c3)CC2)n1. The van der Waals surface area contributed by atoms with E-state index in [-0.39, 0.29) is 23.6 Å². The lowest BCUT2D eigenvalue weighted by Gasteiger charge is -2.30. The maximum absolute atomic E-state index is 14.6. The molecule has 11 heteroatoms. The highest BCUT2D eigenvalue weighted by molar-refractivity contribution is 5.79. The molecule has 5 rings (SSSR count). The van der Waals surface area contributed by atoms with E-state index in [0.29, 0.717) is 69.1 Å². The van der Waals surface area contributed by atoms with Gasteiger partial charge < -0.3 is 28.5 Å². The smallest absolute Gasteiger partial charge is 0.324 e. The maximum atomic E-state index is 14.6. The Bertz CT molecular complexity index is 1050. The number of carbonyl (C=O) groups is 1. The van der Waals surface area contributed by atoms with Crippen molar-refractivity contribution in [2.24, 2.45) is 17.8 Å². The summed E-state index contributed by atoms with van der Waals surface area (Å²) < 4.78 is 50.5. The minimum absolute atomic E-state index is 0.162. The zero-order chi connectivity index (χ0) is 25.8. The third-order valence-electron chi connectivity index (χ3n) is 7.69. The van der Waals surface area contributed by atoms with Crippen LogP contribution >= 0.6 is 0 Å². The number of ether oxygens (including phenoxy) is 3. The molecule has 3 fully saturated rings. The quantitative estimate of drug-likeness (QED) is 0.472. The van der Waals surface area contributed by atoms with E-state index >= 15 is 0 Å². The normalized spacial score (nSPS) is 22.4. The summed E-state index contributed by atoms with van der Waals surface area (Å²) in [6.07, 6.45) is 3.87. The van der Waals surface area contributed by atoms with Crippen LogP contribution in [0.4, 0.5) is 14.8 Å². The predicted octanol–water partition coefficient (Wildman–Crippen LogP) is 3.22. The molecule has 2 atom stereocenters. The van der Waals surface area contributed by atoms with Gasteiger partial charge in [-0.25, -0.2) is 8.78 Å². The Labute approximate surface area is 215 Å². The fraction of sp³-hybridized carbons (Fsp3) is 0.654. The molecule has 1 aromatic carbocycles. The molecule has 1 amide bonds. The minimum Gasteiger partial charge on any atom is -0.493 e. The molecule has 2 aromatic rings. The molecule has 3 aliphatic rings. The van der Waals surface area contributed by atoms with E-state index < -0.39 is 11.6 Å². The highest BCUT2D eigenvalue weighted by Gasteiger charge is 2.43. The van der Waals surface area contributed by atoms with Crippen LogP contribution in [0, 0.1) is 29.4 Å². The van der Waals surface area contributed by atoms with Crippen molar-refractivity contribution in [1.29, 1.82) is 0 Å². The number of methoxy groups -OCH3 is 1. The molecule has 1 saturated carbocycles. The monoisotopic (exact) mass is 520 g/mol. The van der Waals surface area contributed by atoms with Crippen LogP contribution in [0.5, 0.6) is 5.75 Å². The van der Waals surface area contributed by atoms with Gasteiger partial charge >= 0.3 is 6.01 Å². The summed E-state index contributed by atoms with van der Waals surface area (Å²) in [6, 6.07) is 2.92. The lowest BCUT2D eigenvalue weighted by Crippen LogP contribution is -2.41. The minimum atomic E-state index is -0.747. The van der Waals surface area contributed by atoms with Gasteiger partial charge in [-0.05, 0) is 43.4 Å². The van der Waals surface area contributed by atoms with Crippen molar-refractivity contribution in [3.8, 4) is 5.75 Å². The molecule has 2 aliphatic heterocycles. The Balaban J connectivity index is 1.04. The number of nitrogens with zero attached hydrogens (tertiary/aromatic N) is 4. The van der Waals surface area contributed by atoms with Crippen LogP contribution < -0.4 is 9.64 Å². The molecule has 3 heterocycles. The molecule has 202 valence electrons. The molecule has 0 radical (unpaired) electrons. The summed E-state index contributed by atoms with van der Waals surface area (Å²) >= 11 is 0. The Morgan fingerprint density at radius 1 is 1.14 bits per heavy atom. The van der Waals surface area contributed by atoms with E-state index in [1.807, 2.05) is 0 Å². The van der Waals surface area contributed by atoms with Gasteiger partial charge in [0.15, 0.2) is 5.82 Å². The van der Waals surface area contributed by atoms with Gasteiger partial charge in [-0.1, -0.05) is 5.16 Å². The van der Waals surface area contributed by atoms with E-state index in [1.165, 1.54) is 12.1 Å².